The van der Waals surface area contributed by atoms with E-state index in [1.54, 1.807) is 38.3 Å². The Morgan fingerprint density at radius 3 is 1.54 bits per heavy atom. The van der Waals surface area contributed by atoms with Crippen molar-refractivity contribution < 1.29 is 32.2 Å². The summed E-state index contributed by atoms with van der Waals surface area (Å²) >= 11 is 0. The monoisotopic (exact) mass is 818 g/mol. The smallest absolute Gasteiger partial charge is 0.222 e. The van der Waals surface area contributed by atoms with Crippen LogP contribution in [-0.4, -0.2) is 97.0 Å². The van der Waals surface area contributed by atoms with Crippen molar-refractivity contribution in [2.75, 3.05) is 53.0 Å². The number of benzene rings is 2. The van der Waals surface area contributed by atoms with Gasteiger partial charge in [0.15, 0.2) is 11.2 Å². The maximum atomic E-state index is 13.6. The number of nitrogens with one attached hydrogen (secondary N) is 2. The van der Waals surface area contributed by atoms with Crippen molar-refractivity contribution in [1.82, 2.24) is 30.7 Å². The van der Waals surface area contributed by atoms with Gasteiger partial charge in [-0.05, 0) is 177 Å². The SMILES string of the molecule is CC(=O)NC1CCC(CCN2CCC(c3noc4ccc(F)cc34)CC2)CC1.COCCC(=O)NC1CCC(CCN2CCC(c3noc4ccc(F)cc34)CC2)CC1. The summed E-state index contributed by atoms with van der Waals surface area (Å²) in [7, 11) is 1.62. The van der Waals surface area contributed by atoms with E-state index in [9.17, 15) is 18.4 Å². The molecule has 4 aliphatic rings. The van der Waals surface area contributed by atoms with E-state index in [0.29, 0.717) is 48.1 Å². The lowest BCUT2D eigenvalue weighted by Crippen LogP contribution is -2.39. The van der Waals surface area contributed by atoms with Crippen LogP contribution in [0.1, 0.15) is 126 Å². The molecule has 13 heteroatoms. The number of hydrogen-bond acceptors (Lipinski definition) is 9. The predicted molar refractivity (Wildman–Crippen MR) is 224 cm³/mol. The van der Waals surface area contributed by atoms with Crippen LogP contribution < -0.4 is 10.6 Å². The number of nitrogens with zero attached hydrogens (tertiary/aromatic N) is 4. The Morgan fingerprint density at radius 1 is 0.678 bits per heavy atom. The van der Waals surface area contributed by atoms with Crippen LogP contribution in [0, 0.1) is 23.5 Å². The van der Waals surface area contributed by atoms with Crippen LogP contribution in [0.4, 0.5) is 8.78 Å². The molecule has 2 aromatic carbocycles. The minimum Gasteiger partial charge on any atom is -0.384 e. The zero-order valence-electron chi connectivity index (χ0n) is 35.1. The number of fused-ring (bicyclic) bond motifs is 2. The van der Waals surface area contributed by atoms with Crippen LogP contribution in [0.3, 0.4) is 0 Å². The van der Waals surface area contributed by atoms with Gasteiger partial charge in [-0.3, -0.25) is 9.59 Å². The Labute approximate surface area is 347 Å². The van der Waals surface area contributed by atoms with Gasteiger partial charge < -0.3 is 34.2 Å². The molecule has 8 rings (SSSR count). The van der Waals surface area contributed by atoms with Gasteiger partial charge in [-0.25, -0.2) is 8.78 Å². The highest BCUT2D eigenvalue weighted by Crippen LogP contribution is 2.36. The molecule has 11 nitrogen and oxygen atoms in total. The zero-order chi connectivity index (χ0) is 41.1. The van der Waals surface area contributed by atoms with Gasteiger partial charge in [0.05, 0.1) is 18.0 Å². The Morgan fingerprint density at radius 2 is 1.12 bits per heavy atom. The summed E-state index contributed by atoms with van der Waals surface area (Å²) in [5, 5.41) is 16.3. The molecule has 4 fully saturated rings. The summed E-state index contributed by atoms with van der Waals surface area (Å²) in [6, 6.07) is 9.97. The summed E-state index contributed by atoms with van der Waals surface area (Å²) in [6.07, 6.45) is 16.3. The van der Waals surface area contributed by atoms with Gasteiger partial charge in [0.25, 0.3) is 0 Å². The average Bonchev–Trinajstić information content (AvgIpc) is 3.87. The molecular weight excluding hydrogens is 755 g/mol. The summed E-state index contributed by atoms with van der Waals surface area (Å²) in [5.74, 6) is 1.97. The molecule has 2 saturated heterocycles. The van der Waals surface area contributed by atoms with E-state index >= 15 is 0 Å². The molecule has 2 aromatic heterocycles. The second-order valence-electron chi connectivity index (χ2n) is 17.7. The molecule has 2 amide bonds. The lowest BCUT2D eigenvalue weighted by molar-refractivity contribution is -0.123. The quantitative estimate of drug-likeness (QED) is 0.137. The molecule has 0 unspecified atom stereocenters. The van der Waals surface area contributed by atoms with Crippen LogP contribution in [0.15, 0.2) is 45.4 Å². The molecule has 0 radical (unpaired) electrons. The van der Waals surface area contributed by atoms with Crippen LogP contribution in [0.5, 0.6) is 0 Å². The standard InChI is InChI=1S/C24H34FN3O3.C22H30FN3O2/c1-30-15-11-23(29)26-20-5-2-17(3-6-20)8-12-28-13-9-18(10-14-28)24-21-16-19(25)4-7-22(21)31-27-24;1-15(27)24-19-5-2-16(3-6-19)8-11-26-12-9-17(10-13-26)22-20-14-18(23)4-7-21(20)28-25-22/h4,7,16-18,20H,2-3,5-6,8-15H2,1H3,(H,26,29);4,7,14,16-17,19H,2-3,5-6,8-13H2,1H3,(H,24,27). The molecule has 0 bridgehead atoms. The average molecular weight is 819 g/mol. The normalized spacial score (nSPS) is 23.9. The summed E-state index contributed by atoms with van der Waals surface area (Å²) in [6.45, 7) is 8.62. The first-order valence-corrected chi connectivity index (χ1v) is 22.3. The number of piperidine rings is 2. The summed E-state index contributed by atoms with van der Waals surface area (Å²) in [5.41, 5.74) is 3.18. The van der Waals surface area contributed by atoms with E-state index in [1.165, 1.54) is 50.7 Å². The third kappa shape index (κ3) is 12.1. The third-order valence-electron chi connectivity index (χ3n) is 13.6. The molecule has 2 saturated carbocycles. The third-order valence-corrected chi connectivity index (χ3v) is 13.6. The molecule has 2 aliphatic carbocycles. The summed E-state index contributed by atoms with van der Waals surface area (Å²) in [4.78, 5) is 28.1. The van der Waals surface area contributed by atoms with Gasteiger partial charge in [0, 0.05) is 55.1 Å². The molecule has 0 spiro atoms. The van der Waals surface area contributed by atoms with E-state index in [-0.39, 0.29) is 23.4 Å². The summed E-state index contributed by atoms with van der Waals surface area (Å²) < 4.78 is 43.0. The molecule has 4 heterocycles. The highest BCUT2D eigenvalue weighted by molar-refractivity contribution is 5.80. The Kier molecular flexibility index (Phi) is 15.4. The number of carbonyl (C=O) groups excluding carboxylic acids is 2. The topological polar surface area (TPSA) is 126 Å². The van der Waals surface area contributed by atoms with Crippen LogP contribution in [-0.2, 0) is 14.3 Å². The van der Waals surface area contributed by atoms with E-state index in [1.807, 2.05) is 0 Å². The second-order valence-corrected chi connectivity index (χ2v) is 17.7. The minimum absolute atomic E-state index is 0.0916. The maximum absolute atomic E-state index is 13.6. The lowest BCUT2D eigenvalue weighted by Gasteiger charge is -2.34. The number of halogens is 2. The Balaban J connectivity index is 0.000000180. The fourth-order valence-electron chi connectivity index (χ4n) is 10.0. The first-order chi connectivity index (χ1) is 28.7. The van der Waals surface area contributed by atoms with E-state index in [4.69, 9.17) is 13.8 Å². The molecule has 0 atom stereocenters. The minimum atomic E-state index is -0.237. The van der Waals surface area contributed by atoms with E-state index < -0.39 is 0 Å². The molecule has 2 N–H and O–H groups in total. The van der Waals surface area contributed by atoms with Crippen molar-refractivity contribution in [2.45, 2.75) is 127 Å². The number of ether oxygens (including phenoxy) is 1. The zero-order valence-corrected chi connectivity index (χ0v) is 35.1. The van der Waals surface area contributed by atoms with E-state index in [2.05, 4.69) is 30.7 Å². The van der Waals surface area contributed by atoms with Gasteiger partial charge >= 0.3 is 0 Å². The maximum Gasteiger partial charge on any atom is 0.222 e. The van der Waals surface area contributed by atoms with Crippen molar-refractivity contribution in [3.63, 3.8) is 0 Å². The Hall–Kier alpha value is -3.94. The Bertz CT molecular complexity index is 1940. The number of carbonyl (C=O) groups is 2. The lowest BCUT2D eigenvalue weighted by atomic mass is 9.83. The second kappa shape index (κ2) is 21.0. The van der Waals surface area contributed by atoms with Crippen molar-refractivity contribution in [2.24, 2.45) is 11.8 Å². The largest absolute Gasteiger partial charge is 0.384 e. The number of likely N-dealkylation sites (tertiary alicyclic amines) is 2. The highest BCUT2D eigenvalue weighted by Gasteiger charge is 2.29. The fourth-order valence-corrected chi connectivity index (χ4v) is 10.0. The van der Waals surface area contributed by atoms with Crippen molar-refractivity contribution in [3.8, 4) is 0 Å². The van der Waals surface area contributed by atoms with Gasteiger partial charge in [-0.2, -0.15) is 0 Å². The fraction of sp³-hybridized carbons (Fsp3) is 0.652. The van der Waals surface area contributed by atoms with Gasteiger partial charge in [-0.1, -0.05) is 10.3 Å². The predicted octanol–water partition coefficient (Wildman–Crippen LogP) is 8.48. The van der Waals surface area contributed by atoms with Crippen molar-refractivity contribution >= 4 is 33.8 Å². The molecule has 4 aromatic rings. The van der Waals surface area contributed by atoms with Crippen molar-refractivity contribution in [3.05, 3.63) is 59.4 Å². The van der Waals surface area contributed by atoms with Gasteiger partial charge in [0.1, 0.15) is 11.6 Å². The van der Waals surface area contributed by atoms with E-state index in [0.717, 1.165) is 125 Å². The highest BCUT2D eigenvalue weighted by atomic mass is 19.1. The molecule has 59 heavy (non-hydrogen) atoms. The number of rotatable bonds is 13. The van der Waals surface area contributed by atoms with Gasteiger partial charge in [-0.15, -0.1) is 0 Å². The number of aromatic nitrogens is 2. The number of methoxy groups -OCH3 is 1. The molecule has 322 valence electrons. The molecule has 2 aliphatic heterocycles. The first kappa shape index (κ1) is 43.2. The number of hydrogen-bond donors (Lipinski definition) is 2. The molecular formula is C46H64F2N6O5. The van der Waals surface area contributed by atoms with Crippen molar-refractivity contribution in [1.29, 1.82) is 0 Å². The first-order valence-electron chi connectivity index (χ1n) is 22.3. The van der Waals surface area contributed by atoms with Gasteiger partial charge in [0.2, 0.25) is 11.8 Å². The van der Waals surface area contributed by atoms with Crippen LogP contribution in [0.2, 0.25) is 0 Å². The van der Waals surface area contributed by atoms with Crippen LogP contribution >= 0.6 is 0 Å². The number of amides is 2. The van der Waals surface area contributed by atoms with Crippen LogP contribution in [0.25, 0.3) is 21.9 Å².